The molecule has 3 aromatic rings. The Bertz CT molecular complexity index is 820. The van der Waals surface area contributed by atoms with Crippen molar-refractivity contribution in [3.8, 4) is 0 Å². The lowest BCUT2D eigenvalue weighted by molar-refractivity contribution is 0.103. The smallest absolute Gasteiger partial charge is 0.265 e. The van der Waals surface area contributed by atoms with E-state index in [4.69, 9.17) is 0 Å². The number of pyridine rings is 1. The molecule has 2 aromatic heterocycles. The summed E-state index contributed by atoms with van der Waals surface area (Å²) >= 11 is 1.42. The fourth-order valence-electron chi connectivity index (χ4n) is 2.67. The number of aryl methyl sites for hydroxylation is 2. The van der Waals surface area contributed by atoms with Crippen LogP contribution < -0.4 is 10.6 Å². The molecule has 0 unspecified atom stereocenters. The van der Waals surface area contributed by atoms with Crippen LogP contribution in [-0.2, 0) is 12.8 Å². The zero-order valence-electron chi connectivity index (χ0n) is 14.4. The lowest BCUT2D eigenvalue weighted by atomic mass is 10.0. The number of benzene rings is 1. The molecule has 25 heavy (non-hydrogen) atoms. The van der Waals surface area contributed by atoms with E-state index in [1.165, 1.54) is 22.5 Å². The second-order valence-corrected chi connectivity index (χ2v) is 6.59. The Balaban J connectivity index is 1.74. The number of thiophene rings is 1. The molecular weight excluding hydrogens is 330 g/mol. The molecule has 0 aliphatic rings. The van der Waals surface area contributed by atoms with Crippen molar-refractivity contribution in [3.05, 3.63) is 70.0 Å². The van der Waals surface area contributed by atoms with E-state index in [1.54, 1.807) is 12.3 Å². The predicted octanol–water partition coefficient (Wildman–Crippen LogP) is 5.26. The molecule has 0 fully saturated rings. The Kier molecular flexibility index (Phi) is 5.46. The third kappa shape index (κ3) is 4.06. The van der Waals surface area contributed by atoms with Gasteiger partial charge in [-0.15, -0.1) is 11.3 Å². The first-order chi connectivity index (χ1) is 12.2. The topological polar surface area (TPSA) is 54.0 Å². The first-order valence-electron chi connectivity index (χ1n) is 8.40. The second kappa shape index (κ2) is 7.94. The lowest BCUT2D eigenvalue weighted by Gasteiger charge is -2.15. The van der Waals surface area contributed by atoms with Crippen molar-refractivity contribution in [2.24, 2.45) is 0 Å². The Hall–Kier alpha value is -2.66. The third-order valence-corrected chi connectivity index (χ3v) is 4.89. The Labute approximate surface area is 151 Å². The Morgan fingerprint density at radius 3 is 2.36 bits per heavy atom. The molecule has 128 valence electrons. The number of nitrogens with zero attached hydrogens (tertiary/aromatic N) is 1. The summed E-state index contributed by atoms with van der Waals surface area (Å²) < 4.78 is 0. The zero-order chi connectivity index (χ0) is 17.6. The summed E-state index contributed by atoms with van der Waals surface area (Å²) in [6.45, 7) is 4.30. The van der Waals surface area contributed by atoms with Crippen LogP contribution in [0, 0.1) is 0 Å². The normalized spacial score (nSPS) is 10.5. The minimum absolute atomic E-state index is 0.109. The maximum absolute atomic E-state index is 12.1. The summed E-state index contributed by atoms with van der Waals surface area (Å²) in [5.41, 5.74) is 4.37. The number of carbonyl (C=O) groups excluding carboxylic acids is 1. The molecule has 3 rings (SSSR count). The standard InChI is InChI=1S/C20H21N3OS/c1-3-14-7-5-8-15(4-2)19(14)23-18-11-10-16(13-21-18)22-20(24)17-9-6-12-25-17/h5-13H,3-4H2,1-2H3,(H,21,23)(H,22,24). The van der Waals surface area contributed by atoms with E-state index >= 15 is 0 Å². The van der Waals surface area contributed by atoms with E-state index in [2.05, 4.69) is 47.7 Å². The van der Waals surface area contributed by atoms with Gasteiger partial charge < -0.3 is 10.6 Å². The highest BCUT2D eigenvalue weighted by Gasteiger charge is 2.09. The highest BCUT2D eigenvalue weighted by molar-refractivity contribution is 7.12. The van der Waals surface area contributed by atoms with Crippen LogP contribution in [0.3, 0.4) is 0 Å². The van der Waals surface area contributed by atoms with Crippen LogP contribution in [0.2, 0.25) is 0 Å². The highest BCUT2D eigenvalue weighted by atomic mass is 32.1. The van der Waals surface area contributed by atoms with Crippen LogP contribution in [-0.4, -0.2) is 10.9 Å². The summed E-state index contributed by atoms with van der Waals surface area (Å²) in [5.74, 6) is 0.659. The fraction of sp³-hybridized carbons (Fsp3) is 0.200. The van der Waals surface area contributed by atoms with Gasteiger partial charge in [0.1, 0.15) is 5.82 Å². The first kappa shape index (κ1) is 17.2. The summed E-state index contributed by atoms with van der Waals surface area (Å²) in [4.78, 5) is 17.2. The molecule has 0 saturated heterocycles. The Morgan fingerprint density at radius 2 is 1.80 bits per heavy atom. The summed E-state index contributed by atoms with van der Waals surface area (Å²) in [6.07, 6.45) is 3.60. The molecule has 4 nitrogen and oxygen atoms in total. The molecule has 1 amide bonds. The van der Waals surface area contributed by atoms with Crippen LogP contribution in [0.1, 0.15) is 34.6 Å². The fourth-order valence-corrected chi connectivity index (χ4v) is 3.29. The van der Waals surface area contributed by atoms with Gasteiger partial charge in [0.15, 0.2) is 0 Å². The molecule has 2 heterocycles. The molecule has 0 bridgehead atoms. The van der Waals surface area contributed by atoms with Crippen molar-refractivity contribution in [3.63, 3.8) is 0 Å². The van der Waals surface area contributed by atoms with Crippen molar-refractivity contribution in [2.45, 2.75) is 26.7 Å². The van der Waals surface area contributed by atoms with E-state index in [9.17, 15) is 4.79 Å². The number of amides is 1. The van der Waals surface area contributed by atoms with Crippen molar-refractivity contribution in [1.82, 2.24) is 4.98 Å². The van der Waals surface area contributed by atoms with Crippen LogP contribution >= 0.6 is 11.3 Å². The van der Waals surface area contributed by atoms with E-state index in [0.717, 1.165) is 24.3 Å². The maximum Gasteiger partial charge on any atom is 0.265 e. The SMILES string of the molecule is CCc1cccc(CC)c1Nc1ccc(NC(=O)c2cccs2)cn1. The van der Waals surface area contributed by atoms with Crippen molar-refractivity contribution >= 4 is 34.4 Å². The number of carbonyl (C=O) groups is 1. The summed E-state index contributed by atoms with van der Waals surface area (Å²) in [6, 6.07) is 13.8. The number of anilines is 3. The number of hydrogen-bond acceptors (Lipinski definition) is 4. The van der Waals surface area contributed by atoms with Crippen LogP contribution in [0.5, 0.6) is 0 Å². The summed E-state index contributed by atoms with van der Waals surface area (Å²) in [7, 11) is 0. The van der Waals surface area contributed by atoms with Gasteiger partial charge in [-0.25, -0.2) is 4.98 Å². The van der Waals surface area contributed by atoms with E-state index in [1.807, 2.05) is 23.6 Å². The molecule has 0 saturated carbocycles. The minimum Gasteiger partial charge on any atom is -0.340 e. The molecule has 1 aromatic carbocycles. The van der Waals surface area contributed by atoms with Gasteiger partial charge in [-0.1, -0.05) is 38.1 Å². The lowest BCUT2D eigenvalue weighted by Crippen LogP contribution is -2.10. The molecule has 0 atom stereocenters. The number of nitrogens with one attached hydrogen (secondary N) is 2. The Morgan fingerprint density at radius 1 is 1.04 bits per heavy atom. The number of rotatable bonds is 6. The monoisotopic (exact) mass is 351 g/mol. The van der Waals surface area contributed by atoms with Crippen molar-refractivity contribution < 1.29 is 4.79 Å². The minimum atomic E-state index is -0.109. The van der Waals surface area contributed by atoms with Gasteiger partial charge in [0.2, 0.25) is 0 Å². The average molecular weight is 351 g/mol. The maximum atomic E-state index is 12.1. The second-order valence-electron chi connectivity index (χ2n) is 5.65. The molecule has 5 heteroatoms. The van der Waals surface area contributed by atoms with Crippen molar-refractivity contribution in [1.29, 1.82) is 0 Å². The van der Waals surface area contributed by atoms with Crippen LogP contribution in [0.4, 0.5) is 17.2 Å². The molecular formula is C20H21N3OS. The molecule has 0 aliphatic heterocycles. The number of para-hydroxylation sites is 1. The molecule has 0 radical (unpaired) electrons. The largest absolute Gasteiger partial charge is 0.340 e. The van der Waals surface area contributed by atoms with Gasteiger partial charge in [-0.2, -0.15) is 0 Å². The van der Waals surface area contributed by atoms with Gasteiger partial charge in [-0.3, -0.25) is 4.79 Å². The first-order valence-corrected chi connectivity index (χ1v) is 9.28. The zero-order valence-corrected chi connectivity index (χ0v) is 15.2. The van der Waals surface area contributed by atoms with E-state index in [-0.39, 0.29) is 5.91 Å². The van der Waals surface area contributed by atoms with Crippen LogP contribution in [0.15, 0.2) is 54.0 Å². The third-order valence-electron chi connectivity index (χ3n) is 4.02. The van der Waals surface area contributed by atoms with Crippen LogP contribution in [0.25, 0.3) is 0 Å². The van der Waals surface area contributed by atoms with Gasteiger partial charge >= 0.3 is 0 Å². The molecule has 0 spiro atoms. The highest BCUT2D eigenvalue weighted by Crippen LogP contribution is 2.26. The number of aromatic nitrogens is 1. The van der Waals surface area contributed by atoms with E-state index < -0.39 is 0 Å². The van der Waals surface area contributed by atoms with E-state index in [0.29, 0.717) is 10.6 Å². The predicted molar refractivity (Wildman–Crippen MR) is 105 cm³/mol. The molecule has 2 N–H and O–H groups in total. The van der Waals surface area contributed by atoms with Gasteiger partial charge in [0, 0.05) is 5.69 Å². The summed E-state index contributed by atoms with van der Waals surface area (Å²) in [5, 5.41) is 8.18. The number of hydrogen-bond donors (Lipinski definition) is 2. The van der Waals surface area contributed by atoms with Crippen molar-refractivity contribution in [2.75, 3.05) is 10.6 Å². The van der Waals surface area contributed by atoms with Gasteiger partial charge in [0.05, 0.1) is 16.8 Å². The van der Waals surface area contributed by atoms with Gasteiger partial charge in [-0.05, 0) is 47.5 Å². The quantitative estimate of drug-likeness (QED) is 0.636. The molecule has 0 aliphatic carbocycles. The van der Waals surface area contributed by atoms with Gasteiger partial charge in [0.25, 0.3) is 5.91 Å². The average Bonchev–Trinajstić information content (AvgIpc) is 3.18.